The first-order chi connectivity index (χ1) is 8.01. The molecule has 6 nitrogen and oxygen atoms in total. The summed E-state index contributed by atoms with van der Waals surface area (Å²) in [5.41, 5.74) is 4.43. The monoisotopic (exact) mass is 256 g/mol. The number of carbonyl (C=O) groups is 2. The molecule has 0 saturated heterocycles. The highest BCUT2D eigenvalue weighted by atomic mass is 32.2. The van der Waals surface area contributed by atoms with Crippen molar-refractivity contribution in [1.82, 2.24) is 4.98 Å². The average Bonchev–Trinajstić information content (AvgIpc) is 2.28. The maximum absolute atomic E-state index is 11.6. The van der Waals surface area contributed by atoms with Crippen LogP contribution in [-0.4, -0.2) is 29.7 Å². The van der Waals surface area contributed by atoms with E-state index in [0.29, 0.717) is 5.03 Å². The lowest BCUT2D eigenvalue weighted by molar-refractivity contribution is 0.0524. The Hall–Kier alpha value is -1.76. The molecule has 0 aliphatic heterocycles. The Morgan fingerprint density at radius 1 is 1.47 bits per heavy atom. The molecule has 1 heterocycles. The first-order valence-corrected chi connectivity index (χ1v) is 6.02. The molecule has 0 aliphatic rings. The van der Waals surface area contributed by atoms with Gasteiger partial charge in [-0.05, 0) is 19.2 Å². The summed E-state index contributed by atoms with van der Waals surface area (Å²) in [6.45, 7) is 1.77. The van der Waals surface area contributed by atoms with Gasteiger partial charge in [-0.2, -0.15) is 0 Å². The number of nitrogens with two attached hydrogens (primary N) is 1. The van der Waals surface area contributed by atoms with Gasteiger partial charge in [-0.1, -0.05) is 0 Å². The van der Waals surface area contributed by atoms with E-state index < -0.39 is 17.4 Å². The fourth-order valence-electron chi connectivity index (χ4n) is 1.22. The first kappa shape index (κ1) is 13.3. The van der Waals surface area contributed by atoms with Crippen LogP contribution < -0.4 is 11.3 Å². The molecule has 0 bridgehead atoms. The number of esters is 1. The second-order valence-electron chi connectivity index (χ2n) is 3.04. The van der Waals surface area contributed by atoms with Crippen molar-refractivity contribution in [2.75, 3.05) is 12.9 Å². The molecule has 0 aromatic carbocycles. The maximum Gasteiger partial charge on any atom is 0.343 e. The number of carbonyl (C=O) groups excluding carboxylic acids is 2. The number of aromatic nitrogens is 1. The fraction of sp³-hybridized carbons (Fsp3) is 0.300. The average molecular weight is 256 g/mol. The van der Waals surface area contributed by atoms with Crippen LogP contribution in [0.1, 0.15) is 27.6 Å². The largest absolute Gasteiger partial charge is 0.462 e. The van der Waals surface area contributed by atoms with E-state index in [-0.39, 0.29) is 17.7 Å². The van der Waals surface area contributed by atoms with Crippen LogP contribution >= 0.6 is 11.8 Å². The smallest absolute Gasteiger partial charge is 0.343 e. The molecule has 0 unspecified atom stereocenters. The van der Waals surface area contributed by atoms with Gasteiger partial charge in [0.1, 0.15) is 5.56 Å². The summed E-state index contributed by atoms with van der Waals surface area (Å²) in [6, 6.07) is 1.16. The Morgan fingerprint density at radius 2 is 2.12 bits per heavy atom. The number of hydrogen-bond acceptors (Lipinski definition) is 5. The lowest BCUT2D eigenvalue weighted by Gasteiger charge is -2.06. The van der Waals surface area contributed by atoms with Crippen molar-refractivity contribution in [2.45, 2.75) is 11.9 Å². The van der Waals surface area contributed by atoms with Crippen LogP contribution in [0.4, 0.5) is 0 Å². The van der Waals surface area contributed by atoms with Crippen LogP contribution in [0.25, 0.3) is 0 Å². The van der Waals surface area contributed by atoms with Crippen molar-refractivity contribution in [2.24, 2.45) is 5.73 Å². The molecule has 0 fully saturated rings. The van der Waals surface area contributed by atoms with Gasteiger partial charge in [0.2, 0.25) is 0 Å². The summed E-state index contributed by atoms with van der Waals surface area (Å²) in [6.07, 6.45) is 1.68. The summed E-state index contributed by atoms with van der Waals surface area (Å²) in [5, 5.41) is 0.329. The van der Waals surface area contributed by atoms with Gasteiger partial charge in [0, 0.05) is 0 Å². The summed E-state index contributed by atoms with van der Waals surface area (Å²) >= 11 is 1.16. The van der Waals surface area contributed by atoms with E-state index in [2.05, 4.69) is 4.98 Å². The van der Waals surface area contributed by atoms with Crippen molar-refractivity contribution >= 4 is 23.6 Å². The zero-order chi connectivity index (χ0) is 13.0. The van der Waals surface area contributed by atoms with Gasteiger partial charge in [-0.15, -0.1) is 11.8 Å². The van der Waals surface area contributed by atoms with Crippen molar-refractivity contribution < 1.29 is 14.3 Å². The number of hydrogen-bond donors (Lipinski definition) is 2. The van der Waals surface area contributed by atoms with Crippen LogP contribution in [0.2, 0.25) is 0 Å². The standard InChI is InChI=1S/C10H12N2O4S/c1-3-16-10(15)6-4-5(7(11)13)9(17-2)12-8(6)14/h4H,3H2,1-2H3,(H2,11,13)(H,12,14). The van der Waals surface area contributed by atoms with Crippen LogP contribution in [0.3, 0.4) is 0 Å². The van der Waals surface area contributed by atoms with E-state index >= 15 is 0 Å². The molecule has 1 aromatic heterocycles. The molecule has 0 saturated carbocycles. The number of H-pyrrole nitrogens is 1. The maximum atomic E-state index is 11.6. The van der Waals surface area contributed by atoms with Gasteiger partial charge in [0.05, 0.1) is 17.2 Å². The molecule has 92 valence electrons. The Balaban J connectivity index is 3.34. The predicted octanol–water partition coefficient (Wildman–Crippen LogP) is 0.372. The van der Waals surface area contributed by atoms with E-state index in [1.54, 1.807) is 13.2 Å². The predicted molar refractivity (Wildman–Crippen MR) is 63.3 cm³/mol. The lowest BCUT2D eigenvalue weighted by Crippen LogP contribution is -2.24. The number of primary amides is 1. The van der Waals surface area contributed by atoms with Crippen molar-refractivity contribution in [1.29, 1.82) is 0 Å². The van der Waals surface area contributed by atoms with Crippen molar-refractivity contribution in [3.05, 3.63) is 27.5 Å². The van der Waals surface area contributed by atoms with E-state index in [0.717, 1.165) is 17.8 Å². The molecular weight excluding hydrogens is 244 g/mol. The van der Waals surface area contributed by atoms with Crippen LogP contribution in [0.5, 0.6) is 0 Å². The van der Waals surface area contributed by atoms with Gasteiger partial charge in [0.15, 0.2) is 0 Å². The minimum Gasteiger partial charge on any atom is -0.462 e. The van der Waals surface area contributed by atoms with E-state index in [1.807, 2.05) is 0 Å². The molecule has 3 N–H and O–H groups in total. The number of ether oxygens (including phenoxy) is 1. The Kier molecular flexibility index (Phi) is 4.33. The summed E-state index contributed by atoms with van der Waals surface area (Å²) in [5.74, 6) is -1.49. The first-order valence-electron chi connectivity index (χ1n) is 4.79. The highest BCUT2D eigenvalue weighted by molar-refractivity contribution is 7.98. The van der Waals surface area contributed by atoms with E-state index in [4.69, 9.17) is 10.5 Å². The Bertz CT molecular complexity index is 510. The zero-order valence-electron chi connectivity index (χ0n) is 9.40. The quantitative estimate of drug-likeness (QED) is 0.598. The van der Waals surface area contributed by atoms with E-state index in [1.165, 1.54) is 0 Å². The molecule has 0 atom stereocenters. The molecule has 7 heteroatoms. The number of thioether (sulfide) groups is 1. The molecular formula is C10H12N2O4S. The highest BCUT2D eigenvalue weighted by Gasteiger charge is 2.17. The van der Waals surface area contributed by atoms with Gasteiger partial charge < -0.3 is 15.5 Å². The second-order valence-corrected chi connectivity index (χ2v) is 3.86. The third-order valence-corrected chi connectivity index (χ3v) is 2.70. The number of nitrogens with one attached hydrogen (secondary N) is 1. The third kappa shape index (κ3) is 2.88. The molecule has 1 aromatic rings. The molecule has 0 aliphatic carbocycles. The molecule has 1 rings (SSSR count). The Morgan fingerprint density at radius 3 is 2.59 bits per heavy atom. The van der Waals surface area contributed by atoms with Crippen LogP contribution in [-0.2, 0) is 4.74 Å². The molecule has 1 amide bonds. The summed E-state index contributed by atoms with van der Waals surface area (Å²) in [4.78, 5) is 36.6. The third-order valence-electron chi connectivity index (χ3n) is 1.97. The van der Waals surface area contributed by atoms with Crippen molar-refractivity contribution in [3.63, 3.8) is 0 Å². The normalized spacial score (nSPS) is 10.0. The molecule has 17 heavy (non-hydrogen) atoms. The van der Waals surface area contributed by atoms with Crippen molar-refractivity contribution in [3.8, 4) is 0 Å². The number of amides is 1. The minimum absolute atomic E-state index is 0.0974. The second kappa shape index (κ2) is 5.53. The van der Waals surface area contributed by atoms with Gasteiger partial charge in [0.25, 0.3) is 11.5 Å². The Labute approximate surface area is 102 Å². The topological polar surface area (TPSA) is 102 Å². The van der Waals surface area contributed by atoms with Gasteiger partial charge >= 0.3 is 5.97 Å². The van der Waals surface area contributed by atoms with Gasteiger partial charge in [-0.25, -0.2) is 4.79 Å². The SMILES string of the molecule is CCOC(=O)c1cc(C(N)=O)c(SC)[nH]c1=O. The summed E-state index contributed by atoms with van der Waals surface area (Å²) < 4.78 is 4.70. The molecule has 0 spiro atoms. The van der Waals surface area contributed by atoms with E-state index in [9.17, 15) is 14.4 Å². The molecule has 0 radical (unpaired) electrons. The summed E-state index contributed by atoms with van der Waals surface area (Å²) in [7, 11) is 0. The zero-order valence-corrected chi connectivity index (χ0v) is 10.2. The lowest BCUT2D eigenvalue weighted by atomic mass is 10.2. The minimum atomic E-state index is -0.774. The fourth-order valence-corrected chi connectivity index (χ4v) is 1.79. The van der Waals surface area contributed by atoms with Crippen LogP contribution in [0.15, 0.2) is 15.9 Å². The number of rotatable bonds is 4. The van der Waals surface area contributed by atoms with Crippen LogP contribution in [0, 0.1) is 0 Å². The number of aromatic amines is 1. The highest BCUT2D eigenvalue weighted by Crippen LogP contribution is 2.16. The number of pyridine rings is 1. The van der Waals surface area contributed by atoms with Gasteiger partial charge in [-0.3, -0.25) is 9.59 Å².